The third-order valence-corrected chi connectivity index (χ3v) is 1.73. The standard InChI is InChI=1S/C6H15B.Na/c1-4-7(5-2)6-3;/h4-6H2,1-3H3;/q;+1. The molecule has 0 aromatic carbocycles. The van der Waals surface area contributed by atoms with Gasteiger partial charge in [0.25, 0.3) is 0 Å². The quantitative estimate of drug-likeness (QED) is 0.443. The molecule has 0 radical (unpaired) electrons. The third-order valence-electron chi connectivity index (χ3n) is 1.73. The molecule has 0 unspecified atom stereocenters. The summed E-state index contributed by atoms with van der Waals surface area (Å²) in [5.41, 5.74) is 0. The summed E-state index contributed by atoms with van der Waals surface area (Å²) in [4.78, 5) is 0. The van der Waals surface area contributed by atoms with Crippen molar-refractivity contribution in [2.45, 2.75) is 39.7 Å². The van der Waals surface area contributed by atoms with Gasteiger partial charge in [-0.1, -0.05) is 39.7 Å². The van der Waals surface area contributed by atoms with E-state index >= 15 is 0 Å². The molecule has 0 bridgehead atoms. The van der Waals surface area contributed by atoms with Crippen molar-refractivity contribution in [1.82, 2.24) is 0 Å². The minimum Gasteiger partial charge on any atom is -0.0770 e. The SMILES string of the molecule is CCB(CC)CC.[Na+]. The molecule has 0 aliphatic heterocycles. The van der Waals surface area contributed by atoms with E-state index < -0.39 is 0 Å². The van der Waals surface area contributed by atoms with Crippen LogP contribution in [0.5, 0.6) is 0 Å². The van der Waals surface area contributed by atoms with E-state index in [1.807, 2.05) is 0 Å². The molecule has 0 atom stereocenters. The molecule has 0 aliphatic rings. The summed E-state index contributed by atoms with van der Waals surface area (Å²) in [6, 6.07) is 0. The van der Waals surface area contributed by atoms with Crippen molar-refractivity contribution in [3.8, 4) is 0 Å². The van der Waals surface area contributed by atoms with Crippen molar-refractivity contribution in [3.63, 3.8) is 0 Å². The van der Waals surface area contributed by atoms with Crippen LogP contribution >= 0.6 is 0 Å². The van der Waals surface area contributed by atoms with E-state index in [0.717, 1.165) is 6.71 Å². The first kappa shape index (κ1) is 11.8. The summed E-state index contributed by atoms with van der Waals surface area (Å²) in [7, 11) is 0. The zero-order chi connectivity index (χ0) is 5.70. The van der Waals surface area contributed by atoms with E-state index in [1.165, 1.54) is 19.0 Å². The van der Waals surface area contributed by atoms with Gasteiger partial charge in [-0.15, -0.1) is 0 Å². The van der Waals surface area contributed by atoms with Crippen LogP contribution in [0.25, 0.3) is 0 Å². The van der Waals surface area contributed by atoms with Gasteiger partial charge in [-0.25, -0.2) is 0 Å². The minimum absolute atomic E-state index is 0. The Hall–Kier alpha value is 1.06. The van der Waals surface area contributed by atoms with Gasteiger partial charge in [0.05, 0.1) is 0 Å². The molecular weight excluding hydrogens is 106 g/mol. The molecule has 0 fully saturated rings. The van der Waals surface area contributed by atoms with Crippen molar-refractivity contribution in [1.29, 1.82) is 0 Å². The van der Waals surface area contributed by atoms with Crippen molar-refractivity contribution < 1.29 is 29.6 Å². The van der Waals surface area contributed by atoms with Crippen LogP contribution < -0.4 is 29.6 Å². The molecule has 0 N–H and O–H groups in total. The maximum atomic E-state index is 2.26. The Morgan fingerprint density at radius 1 is 0.875 bits per heavy atom. The summed E-state index contributed by atoms with van der Waals surface area (Å²) in [6.45, 7) is 7.77. The van der Waals surface area contributed by atoms with Crippen LogP contribution in [-0.4, -0.2) is 6.71 Å². The van der Waals surface area contributed by atoms with Gasteiger partial charge in [-0.2, -0.15) is 0 Å². The third kappa shape index (κ3) is 5.21. The van der Waals surface area contributed by atoms with E-state index in [2.05, 4.69) is 20.8 Å². The monoisotopic (exact) mass is 121 g/mol. The van der Waals surface area contributed by atoms with Crippen LogP contribution in [0, 0.1) is 0 Å². The van der Waals surface area contributed by atoms with Crippen LogP contribution in [0.1, 0.15) is 20.8 Å². The predicted octanol–water partition coefficient (Wildman–Crippen LogP) is -0.455. The molecule has 0 rings (SSSR count). The van der Waals surface area contributed by atoms with E-state index in [9.17, 15) is 0 Å². The normalized spacial score (nSPS) is 7.88. The van der Waals surface area contributed by atoms with Gasteiger partial charge >= 0.3 is 29.6 Å². The summed E-state index contributed by atoms with van der Waals surface area (Å²) >= 11 is 0. The van der Waals surface area contributed by atoms with Crippen molar-refractivity contribution in [2.24, 2.45) is 0 Å². The number of rotatable bonds is 3. The predicted molar refractivity (Wildman–Crippen MR) is 37.2 cm³/mol. The largest absolute Gasteiger partial charge is 1.00 e. The molecule has 42 valence electrons. The second-order valence-electron chi connectivity index (χ2n) is 2.09. The zero-order valence-electron chi connectivity index (χ0n) is 6.70. The van der Waals surface area contributed by atoms with Crippen molar-refractivity contribution in [3.05, 3.63) is 0 Å². The first-order valence-electron chi connectivity index (χ1n) is 3.35. The van der Waals surface area contributed by atoms with Crippen LogP contribution in [-0.2, 0) is 0 Å². The summed E-state index contributed by atoms with van der Waals surface area (Å²) < 4.78 is 0. The molecule has 0 aliphatic carbocycles. The fourth-order valence-corrected chi connectivity index (χ4v) is 0.866. The molecule has 8 heavy (non-hydrogen) atoms. The van der Waals surface area contributed by atoms with Gasteiger partial charge in [0.15, 0.2) is 0 Å². The smallest absolute Gasteiger partial charge is 0.0770 e. The molecule has 0 heterocycles. The van der Waals surface area contributed by atoms with Crippen LogP contribution in [0.2, 0.25) is 19.0 Å². The fraction of sp³-hybridized carbons (Fsp3) is 1.00. The molecule has 0 saturated heterocycles. The summed E-state index contributed by atoms with van der Waals surface area (Å²) in [5, 5.41) is 0. The van der Waals surface area contributed by atoms with Crippen molar-refractivity contribution >= 4 is 6.71 Å². The summed E-state index contributed by atoms with van der Waals surface area (Å²) in [5.74, 6) is 0. The Balaban J connectivity index is 0. The maximum absolute atomic E-state index is 2.26. The second kappa shape index (κ2) is 8.06. The van der Waals surface area contributed by atoms with E-state index in [-0.39, 0.29) is 29.6 Å². The van der Waals surface area contributed by atoms with E-state index in [1.54, 1.807) is 0 Å². The zero-order valence-corrected chi connectivity index (χ0v) is 8.70. The maximum Gasteiger partial charge on any atom is 1.00 e. The van der Waals surface area contributed by atoms with Gasteiger partial charge in [0.2, 0.25) is 0 Å². The Morgan fingerprint density at radius 2 is 1.12 bits per heavy atom. The topological polar surface area (TPSA) is 0 Å². The Bertz CT molecular complexity index is 30.0. The summed E-state index contributed by atoms with van der Waals surface area (Å²) in [6.07, 6.45) is 4.06. The van der Waals surface area contributed by atoms with Gasteiger partial charge in [0.1, 0.15) is 6.71 Å². The van der Waals surface area contributed by atoms with Gasteiger partial charge in [-0.05, 0) is 0 Å². The van der Waals surface area contributed by atoms with Crippen LogP contribution in [0.4, 0.5) is 0 Å². The molecule has 2 heteroatoms. The first-order valence-corrected chi connectivity index (χ1v) is 3.35. The van der Waals surface area contributed by atoms with E-state index in [4.69, 9.17) is 0 Å². The Kier molecular flexibility index (Phi) is 11.9. The fourth-order valence-electron chi connectivity index (χ4n) is 0.866. The van der Waals surface area contributed by atoms with Crippen LogP contribution in [0.3, 0.4) is 0 Å². The van der Waals surface area contributed by atoms with Gasteiger partial charge < -0.3 is 0 Å². The number of hydrogen-bond donors (Lipinski definition) is 0. The molecule has 0 amide bonds. The Labute approximate surface area is 75.8 Å². The molecule has 0 saturated carbocycles. The van der Waals surface area contributed by atoms with Crippen LogP contribution in [0.15, 0.2) is 0 Å². The van der Waals surface area contributed by atoms with Crippen molar-refractivity contribution in [2.75, 3.05) is 0 Å². The average Bonchev–Trinajstić information content (AvgIpc) is 1.72. The molecule has 0 aromatic heterocycles. The second-order valence-corrected chi connectivity index (χ2v) is 2.09. The number of hydrogen-bond acceptors (Lipinski definition) is 0. The van der Waals surface area contributed by atoms with Gasteiger partial charge in [0, 0.05) is 0 Å². The molecular formula is C6H15BNa+. The average molecular weight is 121 g/mol. The van der Waals surface area contributed by atoms with Gasteiger partial charge in [-0.3, -0.25) is 0 Å². The minimum atomic E-state index is 0. The molecule has 0 aromatic rings. The van der Waals surface area contributed by atoms with E-state index in [0.29, 0.717) is 0 Å². The Morgan fingerprint density at radius 3 is 1.12 bits per heavy atom. The molecule has 0 nitrogen and oxygen atoms in total. The molecule has 0 spiro atoms. The first-order chi connectivity index (χ1) is 3.35.